The molecule has 1 aliphatic rings. The number of carbonyl (C=O) groups is 2. The zero-order valence-corrected chi connectivity index (χ0v) is 26.0. The fraction of sp³-hybridized carbons (Fsp3) is 0.444. The van der Waals surface area contributed by atoms with Crippen LogP contribution >= 0.6 is 0 Å². The predicted molar refractivity (Wildman–Crippen MR) is 164 cm³/mol. The van der Waals surface area contributed by atoms with Crippen LogP contribution in [0.25, 0.3) is 0 Å². The lowest BCUT2D eigenvalue weighted by molar-refractivity contribution is -0.130. The van der Waals surface area contributed by atoms with Crippen molar-refractivity contribution in [3.05, 3.63) is 94.6 Å². The zero-order chi connectivity index (χ0) is 29.9. The molecule has 0 N–H and O–H groups in total. The summed E-state index contributed by atoms with van der Waals surface area (Å²) in [7, 11) is 0. The number of ether oxygens (including phenoxy) is 2. The van der Waals surface area contributed by atoms with Crippen LogP contribution in [0.2, 0.25) is 0 Å². The quantitative estimate of drug-likeness (QED) is 0.235. The third-order valence-corrected chi connectivity index (χ3v) is 7.68. The van der Waals surface area contributed by atoms with E-state index in [0.29, 0.717) is 11.3 Å². The summed E-state index contributed by atoms with van der Waals surface area (Å²) in [5.74, 6) is 1.08. The molecule has 0 saturated heterocycles. The van der Waals surface area contributed by atoms with E-state index in [1.807, 2.05) is 71.9 Å². The lowest BCUT2D eigenvalue weighted by Crippen LogP contribution is -2.29. The van der Waals surface area contributed by atoms with E-state index in [1.165, 1.54) is 5.56 Å². The first kappa shape index (κ1) is 31.1. The van der Waals surface area contributed by atoms with Crippen LogP contribution in [0.4, 0.5) is 0 Å². The molecule has 1 aliphatic carbocycles. The maximum atomic E-state index is 13.1. The molecule has 0 amide bonds. The Balaban J connectivity index is 1.77. The third kappa shape index (κ3) is 7.21. The van der Waals surface area contributed by atoms with Crippen molar-refractivity contribution in [2.24, 2.45) is 11.3 Å². The number of rotatable bonds is 9. The molecule has 0 heterocycles. The Hall–Kier alpha value is -3.40. The van der Waals surface area contributed by atoms with Crippen LogP contribution in [0.3, 0.4) is 0 Å². The van der Waals surface area contributed by atoms with Crippen LogP contribution < -0.4 is 9.47 Å². The highest BCUT2D eigenvalue weighted by Crippen LogP contribution is 2.37. The average molecular weight is 543 g/mol. The fourth-order valence-electron chi connectivity index (χ4n) is 5.08. The normalized spacial score (nSPS) is 18.1. The molecular weight excluding hydrogens is 496 g/mol. The van der Waals surface area contributed by atoms with E-state index in [9.17, 15) is 9.59 Å². The van der Waals surface area contributed by atoms with Crippen molar-refractivity contribution in [1.82, 2.24) is 0 Å². The number of aryl methyl sites for hydroxylation is 2. The van der Waals surface area contributed by atoms with Crippen LogP contribution in [-0.2, 0) is 15.0 Å². The number of benzene rings is 2. The van der Waals surface area contributed by atoms with Gasteiger partial charge in [-0.05, 0) is 88.4 Å². The summed E-state index contributed by atoms with van der Waals surface area (Å²) in [5.41, 5.74) is 3.43. The largest absolute Gasteiger partial charge is 0.488 e. The second kappa shape index (κ2) is 12.0. The van der Waals surface area contributed by atoms with E-state index in [2.05, 4.69) is 45.9 Å². The van der Waals surface area contributed by atoms with E-state index < -0.39 is 11.4 Å². The molecule has 0 radical (unpaired) electrons. The molecule has 0 aromatic heterocycles. The number of allylic oxidation sites excluding steroid dienone is 4. The SMILES string of the molecule is CCCC(C)C(=O)C1(C)C=CC=C(C(=O)Oc2ccc(C(C)(C)c3ccc(OC(C)(C)C)c(C)c3)cc2C)C=C1. The Kier molecular flexibility index (Phi) is 9.34. The summed E-state index contributed by atoms with van der Waals surface area (Å²) in [6.45, 7) is 20.5. The molecule has 0 saturated carbocycles. The zero-order valence-electron chi connectivity index (χ0n) is 26.0. The van der Waals surface area contributed by atoms with Crippen molar-refractivity contribution >= 4 is 11.8 Å². The predicted octanol–water partition coefficient (Wildman–Crippen LogP) is 8.78. The summed E-state index contributed by atoms with van der Waals surface area (Å²) in [6, 6.07) is 12.3. The molecule has 40 heavy (non-hydrogen) atoms. The van der Waals surface area contributed by atoms with Gasteiger partial charge in [-0.15, -0.1) is 0 Å². The van der Waals surface area contributed by atoms with Crippen LogP contribution in [-0.4, -0.2) is 17.4 Å². The van der Waals surface area contributed by atoms with Crippen molar-refractivity contribution in [3.8, 4) is 11.5 Å². The van der Waals surface area contributed by atoms with Gasteiger partial charge in [0.05, 0.1) is 11.0 Å². The molecule has 0 spiro atoms. The Morgan fingerprint density at radius 1 is 0.900 bits per heavy atom. The van der Waals surface area contributed by atoms with E-state index in [1.54, 1.807) is 18.2 Å². The van der Waals surface area contributed by atoms with Crippen LogP contribution in [0.5, 0.6) is 11.5 Å². The molecule has 3 rings (SSSR count). The van der Waals surface area contributed by atoms with Gasteiger partial charge in [0.2, 0.25) is 0 Å². The van der Waals surface area contributed by atoms with E-state index in [-0.39, 0.29) is 22.7 Å². The first-order valence-corrected chi connectivity index (χ1v) is 14.3. The summed E-state index contributed by atoms with van der Waals surface area (Å²) in [5, 5.41) is 0. The number of esters is 1. The number of hydrogen-bond acceptors (Lipinski definition) is 4. The molecule has 0 aliphatic heterocycles. The molecule has 214 valence electrons. The Labute approximate surface area is 241 Å². The average Bonchev–Trinajstić information content (AvgIpc) is 3.07. The molecule has 0 bridgehead atoms. The van der Waals surface area contributed by atoms with Crippen molar-refractivity contribution in [3.63, 3.8) is 0 Å². The first-order chi connectivity index (χ1) is 18.6. The Bertz CT molecular complexity index is 1350. The summed E-state index contributed by atoms with van der Waals surface area (Å²) < 4.78 is 11.9. The number of ketones is 1. The van der Waals surface area contributed by atoms with Gasteiger partial charge in [0.25, 0.3) is 0 Å². The highest BCUT2D eigenvalue weighted by atomic mass is 16.5. The van der Waals surface area contributed by atoms with Gasteiger partial charge in [-0.3, -0.25) is 4.79 Å². The number of Topliss-reactive ketones (excluding diaryl/α,β-unsaturated/α-hetero) is 1. The standard InChI is InChI=1S/C36H46O4/c1-11-13-24(2)32(37)36(10)20-12-14-27(19-21-36)33(38)39-30-17-15-28(22-25(30)3)35(8,9)29-16-18-31(26(4)23-29)40-34(5,6)7/h12,14-24H,11,13H2,1-10H3. The van der Waals surface area contributed by atoms with E-state index in [0.717, 1.165) is 35.3 Å². The summed E-state index contributed by atoms with van der Waals surface area (Å²) >= 11 is 0. The third-order valence-electron chi connectivity index (χ3n) is 7.68. The van der Waals surface area contributed by atoms with Gasteiger partial charge in [0.1, 0.15) is 22.9 Å². The number of carbonyl (C=O) groups excluding carboxylic acids is 2. The second-order valence-corrected chi connectivity index (χ2v) is 12.8. The van der Waals surface area contributed by atoms with Gasteiger partial charge >= 0.3 is 5.97 Å². The van der Waals surface area contributed by atoms with Crippen LogP contribution in [0.1, 0.15) is 90.5 Å². The highest BCUT2D eigenvalue weighted by molar-refractivity contribution is 5.95. The minimum Gasteiger partial charge on any atom is -0.488 e. The molecule has 2 aromatic carbocycles. The first-order valence-electron chi connectivity index (χ1n) is 14.3. The smallest absolute Gasteiger partial charge is 0.343 e. The van der Waals surface area contributed by atoms with Crippen molar-refractivity contribution in [2.75, 3.05) is 0 Å². The lowest BCUT2D eigenvalue weighted by atomic mass is 9.77. The molecule has 4 heteroatoms. The maximum absolute atomic E-state index is 13.1. The van der Waals surface area contributed by atoms with E-state index >= 15 is 0 Å². The van der Waals surface area contributed by atoms with Crippen LogP contribution in [0.15, 0.2) is 72.4 Å². The fourth-order valence-corrected chi connectivity index (χ4v) is 5.08. The molecule has 4 nitrogen and oxygen atoms in total. The Morgan fingerprint density at radius 2 is 1.48 bits per heavy atom. The summed E-state index contributed by atoms with van der Waals surface area (Å²) in [6.07, 6.45) is 10.7. The van der Waals surface area contributed by atoms with Gasteiger partial charge in [-0.1, -0.05) is 82.7 Å². The second-order valence-electron chi connectivity index (χ2n) is 12.8. The molecule has 2 atom stereocenters. The van der Waals surface area contributed by atoms with Crippen molar-refractivity contribution in [2.45, 2.75) is 93.1 Å². The molecule has 0 fully saturated rings. The highest BCUT2D eigenvalue weighted by Gasteiger charge is 2.32. The number of hydrogen-bond donors (Lipinski definition) is 0. The summed E-state index contributed by atoms with van der Waals surface area (Å²) in [4.78, 5) is 26.1. The minimum absolute atomic E-state index is 0.0399. The van der Waals surface area contributed by atoms with Gasteiger partial charge < -0.3 is 9.47 Å². The van der Waals surface area contributed by atoms with Crippen molar-refractivity contribution < 1.29 is 19.1 Å². The van der Waals surface area contributed by atoms with Gasteiger partial charge in [0.15, 0.2) is 0 Å². The maximum Gasteiger partial charge on any atom is 0.343 e. The van der Waals surface area contributed by atoms with Crippen molar-refractivity contribution in [1.29, 1.82) is 0 Å². The van der Waals surface area contributed by atoms with Crippen LogP contribution in [0, 0.1) is 25.2 Å². The molecule has 2 aromatic rings. The topological polar surface area (TPSA) is 52.6 Å². The van der Waals surface area contributed by atoms with Gasteiger partial charge in [-0.25, -0.2) is 4.79 Å². The molecular formula is C36H46O4. The van der Waals surface area contributed by atoms with Gasteiger partial charge in [0, 0.05) is 11.3 Å². The monoisotopic (exact) mass is 542 g/mol. The Morgan fingerprint density at radius 3 is 2.00 bits per heavy atom. The molecule has 2 unspecified atom stereocenters. The van der Waals surface area contributed by atoms with Gasteiger partial charge in [-0.2, -0.15) is 0 Å². The lowest BCUT2D eigenvalue weighted by Gasteiger charge is -2.29. The van der Waals surface area contributed by atoms with E-state index in [4.69, 9.17) is 9.47 Å². The minimum atomic E-state index is -0.744.